The van der Waals surface area contributed by atoms with Crippen LogP contribution in [0.3, 0.4) is 0 Å². The quantitative estimate of drug-likeness (QED) is 0.474. The number of benzene rings is 1. The third-order valence-electron chi connectivity index (χ3n) is 3.64. The molecule has 1 heterocycles. The number of nitrogens with one attached hydrogen (secondary N) is 1. The summed E-state index contributed by atoms with van der Waals surface area (Å²) in [6.07, 6.45) is 2.28. The lowest BCUT2D eigenvalue weighted by Gasteiger charge is -2.09. The highest BCUT2D eigenvalue weighted by molar-refractivity contribution is 14.0. The highest BCUT2D eigenvalue weighted by atomic mass is 127. The molecule has 1 aliphatic heterocycles. The molecule has 1 saturated heterocycles. The summed E-state index contributed by atoms with van der Waals surface area (Å²) in [5.41, 5.74) is 8.24. The molecular formula is C15H25IN4. The average Bonchev–Trinajstić information content (AvgIpc) is 2.83. The minimum atomic E-state index is 0. The number of aliphatic imine (C=N–C) groups is 1. The molecule has 1 aromatic rings. The predicted molar refractivity (Wildman–Crippen MR) is 97.0 cm³/mol. The number of nitrogens with two attached hydrogens (primary N) is 1. The Morgan fingerprint density at radius 2 is 2.10 bits per heavy atom. The van der Waals surface area contributed by atoms with Crippen molar-refractivity contribution in [3.05, 3.63) is 29.8 Å². The summed E-state index contributed by atoms with van der Waals surface area (Å²) in [5.74, 6) is 1.16. The molecule has 2 rings (SSSR count). The van der Waals surface area contributed by atoms with Crippen LogP contribution in [0.15, 0.2) is 29.3 Å². The second-order valence-electron chi connectivity index (χ2n) is 5.32. The van der Waals surface area contributed by atoms with Gasteiger partial charge in [0.2, 0.25) is 0 Å². The summed E-state index contributed by atoms with van der Waals surface area (Å²) < 4.78 is 0. The maximum Gasteiger partial charge on any atom is 0.193 e. The van der Waals surface area contributed by atoms with Crippen LogP contribution in [0.1, 0.15) is 18.9 Å². The van der Waals surface area contributed by atoms with Crippen LogP contribution in [0.25, 0.3) is 0 Å². The Morgan fingerprint density at radius 3 is 2.65 bits per heavy atom. The molecule has 0 bridgehead atoms. The standard InChI is InChI=1S/C15H24N4.HI/c1-3-12-4-6-14(7-5-12)18-15(16)17-10-13-8-9-19(2)11-13;/h4-7,13H,3,8-11H2,1-2H3,(H3,16,17,18);1H. The van der Waals surface area contributed by atoms with E-state index in [1.807, 2.05) is 12.1 Å². The van der Waals surface area contributed by atoms with E-state index in [4.69, 9.17) is 5.73 Å². The third-order valence-corrected chi connectivity index (χ3v) is 3.64. The van der Waals surface area contributed by atoms with E-state index in [0.29, 0.717) is 11.9 Å². The Morgan fingerprint density at radius 1 is 1.40 bits per heavy atom. The van der Waals surface area contributed by atoms with Crippen molar-refractivity contribution in [2.45, 2.75) is 19.8 Å². The minimum absolute atomic E-state index is 0. The summed E-state index contributed by atoms with van der Waals surface area (Å²) in [6.45, 7) is 5.26. The number of halogens is 1. The summed E-state index contributed by atoms with van der Waals surface area (Å²) in [6, 6.07) is 8.32. The topological polar surface area (TPSA) is 53.6 Å². The second kappa shape index (κ2) is 8.46. The van der Waals surface area contributed by atoms with Crippen molar-refractivity contribution in [2.75, 3.05) is 32.0 Å². The van der Waals surface area contributed by atoms with Crippen LogP contribution >= 0.6 is 24.0 Å². The smallest absolute Gasteiger partial charge is 0.193 e. The van der Waals surface area contributed by atoms with Gasteiger partial charge in [-0.05, 0) is 50.0 Å². The maximum absolute atomic E-state index is 5.91. The van der Waals surface area contributed by atoms with E-state index in [9.17, 15) is 0 Å². The van der Waals surface area contributed by atoms with Gasteiger partial charge in [0, 0.05) is 18.8 Å². The van der Waals surface area contributed by atoms with E-state index in [0.717, 1.165) is 25.2 Å². The van der Waals surface area contributed by atoms with Crippen LogP contribution in [0.2, 0.25) is 0 Å². The number of anilines is 1. The van der Waals surface area contributed by atoms with Crippen LogP contribution in [0.4, 0.5) is 5.69 Å². The highest BCUT2D eigenvalue weighted by Crippen LogP contribution is 2.14. The summed E-state index contributed by atoms with van der Waals surface area (Å²) in [4.78, 5) is 6.78. The first-order chi connectivity index (χ1) is 9.17. The molecule has 0 radical (unpaired) electrons. The van der Waals surface area contributed by atoms with Gasteiger partial charge in [-0.15, -0.1) is 24.0 Å². The number of aryl methyl sites for hydroxylation is 1. The average molecular weight is 388 g/mol. The molecule has 1 fully saturated rings. The number of guanidine groups is 1. The largest absolute Gasteiger partial charge is 0.370 e. The van der Waals surface area contributed by atoms with Crippen LogP contribution in [0.5, 0.6) is 0 Å². The van der Waals surface area contributed by atoms with E-state index in [2.05, 4.69) is 41.3 Å². The molecule has 1 unspecified atom stereocenters. The van der Waals surface area contributed by atoms with Crippen molar-refractivity contribution in [3.63, 3.8) is 0 Å². The third kappa shape index (κ3) is 5.28. The molecular weight excluding hydrogens is 363 g/mol. The van der Waals surface area contributed by atoms with Gasteiger partial charge >= 0.3 is 0 Å². The first kappa shape index (κ1) is 17.2. The summed E-state index contributed by atoms with van der Waals surface area (Å²) in [7, 11) is 2.15. The Kier molecular flexibility index (Phi) is 7.29. The van der Waals surface area contributed by atoms with Crippen molar-refractivity contribution in [1.82, 2.24) is 4.90 Å². The van der Waals surface area contributed by atoms with Crippen molar-refractivity contribution in [2.24, 2.45) is 16.6 Å². The van der Waals surface area contributed by atoms with Gasteiger partial charge in [-0.1, -0.05) is 19.1 Å². The first-order valence-electron chi connectivity index (χ1n) is 7.01. The van der Waals surface area contributed by atoms with Crippen LogP contribution < -0.4 is 11.1 Å². The van der Waals surface area contributed by atoms with E-state index < -0.39 is 0 Å². The molecule has 0 spiro atoms. The molecule has 0 aromatic heterocycles. The van der Waals surface area contributed by atoms with Gasteiger partial charge in [-0.25, -0.2) is 0 Å². The summed E-state index contributed by atoms with van der Waals surface area (Å²) >= 11 is 0. The van der Waals surface area contributed by atoms with Gasteiger partial charge < -0.3 is 16.0 Å². The molecule has 1 aliphatic rings. The molecule has 4 nitrogen and oxygen atoms in total. The van der Waals surface area contributed by atoms with Crippen LogP contribution in [-0.2, 0) is 6.42 Å². The van der Waals surface area contributed by atoms with Gasteiger partial charge in [-0.3, -0.25) is 4.99 Å². The molecule has 1 atom stereocenters. The van der Waals surface area contributed by atoms with Crippen molar-refractivity contribution >= 4 is 35.6 Å². The van der Waals surface area contributed by atoms with E-state index in [-0.39, 0.29) is 24.0 Å². The van der Waals surface area contributed by atoms with Crippen LogP contribution in [-0.4, -0.2) is 37.5 Å². The van der Waals surface area contributed by atoms with Gasteiger partial charge in [0.15, 0.2) is 5.96 Å². The second-order valence-corrected chi connectivity index (χ2v) is 5.32. The zero-order valence-electron chi connectivity index (χ0n) is 12.3. The van der Waals surface area contributed by atoms with Gasteiger partial charge in [-0.2, -0.15) is 0 Å². The molecule has 5 heteroatoms. The van der Waals surface area contributed by atoms with E-state index in [1.165, 1.54) is 18.5 Å². The fourth-order valence-corrected chi connectivity index (χ4v) is 2.41. The molecule has 0 saturated carbocycles. The monoisotopic (exact) mass is 388 g/mol. The lowest BCUT2D eigenvalue weighted by atomic mass is 10.1. The zero-order valence-corrected chi connectivity index (χ0v) is 14.6. The van der Waals surface area contributed by atoms with E-state index >= 15 is 0 Å². The Bertz CT molecular complexity index is 430. The molecule has 1 aromatic carbocycles. The number of hydrogen-bond donors (Lipinski definition) is 2. The maximum atomic E-state index is 5.91. The molecule has 0 aliphatic carbocycles. The number of hydrogen-bond acceptors (Lipinski definition) is 2. The molecule has 112 valence electrons. The van der Waals surface area contributed by atoms with Crippen molar-refractivity contribution in [1.29, 1.82) is 0 Å². The predicted octanol–water partition coefficient (Wildman–Crippen LogP) is 2.55. The van der Waals surface area contributed by atoms with Gasteiger partial charge in [0.05, 0.1) is 0 Å². The Hall–Kier alpha value is -0.820. The SMILES string of the molecule is CCc1ccc(NC(N)=NCC2CCN(C)C2)cc1.I. The van der Waals surface area contributed by atoms with Crippen molar-refractivity contribution < 1.29 is 0 Å². The fraction of sp³-hybridized carbons (Fsp3) is 0.533. The molecule has 20 heavy (non-hydrogen) atoms. The Labute approximate surface area is 138 Å². The molecule has 3 N–H and O–H groups in total. The Balaban J connectivity index is 0.00000200. The number of rotatable bonds is 4. The lowest BCUT2D eigenvalue weighted by Crippen LogP contribution is -2.24. The number of likely N-dealkylation sites (tertiary alicyclic amines) is 1. The summed E-state index contributed by atoms with van der Waals surface area (Å²) in [5, 5.41) is 3.14. The van der Waals surface area contributed by atoms with E-state index in [1.54, 1.807) is 0 Å². The zero-order chi connectivity index (χ0) is 13.7. The normalized spacial score (nSPS) is 19.7. The van der Waals surface area contributed by atoms with Crippen molar-refractivity contribution in [3.8, 4) is 0 Å². The highest BCUT2D eigenvalue weighted by Gasteiger charge is 2.18. The fourth-order valence-electron chi connectivity index (χ4n) is 2.41. The first-order valence-corrected chi connectivity index (χ1v) is 7.01. The van der Waals surface area contributed by atoms with Crippen LogP contribution in [0, 0.1) is 5.92 Å². The molecule has 0 amide bonds. The minimum Gasteiger partial charge on any atom is -0.370 e. The number of nitrogens with zero attached hydrogens (tertiary/aromatic N) is 2. The van der Waals surface area contributed by atoms with Gasteiger partial charge in [0.25, 0.3) is 0 Å². The van der Waals surface area contributed by atoms with Gasteiger partial charge in [0.1, 0.15) is 0 Å². The lowest BCUT2D eigenvalue weighted by molar-refractivity contribution is 0.397.